The van der Waals surface area contributed by atoms with Crippen molar-refractivity contribution < 1.29 is 9.50 Å². The highest BCUT2D eigenvalue weighted by Gasteiger charge is 2.01. The zero-order valence-corrected chi connectivity index (χ0v) is 10.4. The number of benzene rings is 2. The zero-order valence-electron chi connectivity index (χ0n) is 9.66. The highest BCUT2D eigenvalue weighted by molar-refractivity contribution is 6.30. The van der Waals surface area contributed by atoms with Crippen molar-refractivity contribution >= 4 is 17.3 Å². The number of aliphatic hydroxyl groups is 1. The Hall–Kier alpha value is -1.58. The van der Waals surface area contributed by atoms with E-state index in [-0.39, 0.29) is 11.6 Å². The van der Waals surface area contributed by atoms with Gasteiger partial charge >= 0.3 is 0 Å². The molecule has 0 amide bonds. The van der Waals surface area contributed by atoms with Crippen molar-refractivity contribution in [1.29, 1.82) is 0 Å². The molecule has 94 valence electrons. The van der Waals surface area contributed by atoms with E-state index in [1.807, 2.05) is 24.3 Å². The zero-order chi connectivity index (χ0) is 13.0. The Morgan fingerprint density at radius 2 is 1.72 bits per heavy atom. The lowest BCUT2D eigenvalue weighted by Crippen LogP contribution is -1.99. The van der Waals surface area contributed by atoms with Gasteiger partial charge in [0.05, 0.1) is 11.6 Å². The molecule has 2 N–H and O–H groups in total. The molecular formula is C14H13ClFNO. The van der Waals surface area contributed by atoms with E-state index < -0.39 is 5.82 Å². The lowest BCUT2D eigenvalue weighted by Gasteiger charge is -2.07. The number of hydrogen-bond acceptors (Lipinski definition) is 2. The van der Waals surface area contributed by atoms with E-state index in [1.165, 1.54) is 6.07 Å². The van der Waals surface area contributed by atoms with Gasteiger partial charge in [0.1, 0.15) is 5.82 Å². The van der Waals surface area contributed by atoms with Gasteiger partial charge in [-0.05, 0) is 35.4 Å². The van der Waals surface area contributed by atoms with Gasteiger partial charge in [-0.1, -0.05) is 29.8 Å². The van der Waals surface area contributed by atoms with Crippen molar-refractivity contribution in [2.24, 2.45) is 0 Å². The molecule has 0 unspecified atom stereocenters. The fourth-order valence-electron chi connectivity index (χ4n) is 1.58. The summed E-state index contributed by atoms with van der Waals surface area (Å²) < 4.78 is 13.0. The van der Waals surface area contributed by atoms with E-state index in [1.54, 1.807) is 12.1 Å². The van der Waals surface area contributed by atoms with Gasteiger partial charge < -0.3 is 10.4 Å². The summed E-state index contributed by atoms with van der Waals surface area (Å²) in [5.74, 6) is -0.410. The van der Waals surface area contributed by atoms with Crippen molar-refractivity contribution in [3.8, 4) is 0 Å². The molecule has 0 saturated carbocycles. The number of halogens is 2. The van der Waals surface area contributed by atoms with Gasteiger partial charge in [0.25, 0.3) is 0 Å². The molecule has 0 spiro atoms. The molecule has 0 aliphatic heterocycles. The summed E-state index contributed by atoms with van der Waals surface area (Å²) in [5, 5.41) is 12.2. The Labute approximate surface area is 110 Å². The predicted molar refractivity (Wildman–Crippen MR) is 71.1 cm³/mol. The minimum absolute atomic E-state index is 0.0356. The van der Waals surface area contributed by atoms with Gasteiger partial charge in [0.2, 0.25) is 0 Å². The van der Waals surface area contributed by atoms with Crippen molar-refractivity contribution in [2.45, 2.75) is 13.2 Å². The molecule has 2 nitrogen and oxygen atoms in total. The molecule has 0 aliphatic carbocycles. The van der Waals surface area contributed by atoms with E-state index in [4.69, 9.17) is 16.7 Å². The van der Waals surface area contributed by atoms with Crippen LogP contribution in [0.2, 0.25) is 5.02 Å². The molecule has 0 fully saturated rings. The molecule has 0 radical (unpaired) electrons. The Balaban J connectivity index is 1.99. The molecule has 18 heavy (non-hydrogen) atoms. The first-order chi connectivity index (χ1) is 8.69. The van der Waals surface area contributed by atoms with Gasteiger partial charge in [-0.2, -0.15) is 0 Å². The van der Waals surface area contributed by atoms with Crippen LogP contribution in [0.5, 0.6) is 0 Å². The average Bonchev–Trinajstić information content (AvgIpc) is 2.41. The van der Waals surface area contributed by atoms with Crippen LogP contribution in [0.3, 0.4) is 0 Å². The number of rotatable bonds is 4. The van der Waals surface area contributed by atoms with E-state index in [0.29, 0.717) is 6.54 Å². The largest absolute Gasteiger partial charge is 0.392 e. The van der Waals surface area contributed by atoms with E-state index in [0.717, 1.165) is 16.8 Å². The summed E-state index contributed by atoms with van der Waals surface area (Å²) in [6, 6.07) is 12.1. The Kier molecular flexibility index (Phi) is 4.18. The third-order valence-electron chi connectivity index (χ3n) is 2.62. The normalized spacial score (nSPS) is 10.4. The van der Waals surface area contributed by atoms with Gasteiger partial charge in [0, 0.05) is 12.2 Å². The van der Waals surface area contributed by atoms with Crippen molar-refractivity contribution in [1.82, 2.24) is 0 Å². The second kappa shape index (κ2) is 5.85. The van der Waals surface area contributed by atoms with Crippen LogP contribution in [0.4, 0.5) is 10.1 Å². The maximum absolute atomic E-state index is 13.0. The van der Waals surface area contributed by atoms with Crippen LogP contribution in [-0.2, 0) is 13.2 Å². The van der Waals surface area contributed by atoms with Crippen LogP contribution in [0, 0.1) is 5.82 Å². The van der Waals surface area contributed by atoms with Crippen LogP contribution >= 0.6 is 11.6 Å². The van der Waals surface area contributed by atoms with Gasteiger partial charge in [-0.3, -0.25) is 0 Å². The lowest BCUT2D eigenvalue weighted by atomic mass is 10.2. The number of nitrogens with one attached hydrogen (secondary N) is 1. The summed E-state index contributed by atoms with van der Waals surface area (Å²) in [7, 11) is 0. The maximum atomic E-state index is 13.0. The Morgan fingerprint density at radius 1 is 1.06 bits per heavy atom. The third kappa shape index (κ3) is 3.22. The van der Waals surface area contributed by atoms with Crippen LogP contribution in [-0.4, -0.2) is 5.11 Å². The standard InChI is InChI=1S/C14H13ClFNO/c15-13-7-11(3-6-14(13)16)8-17-12-4-1-10(9-18)2-5-12/h1-7,17-18H,8-9H2. The second-order valence-electron chi connectivity index (χ2n) is 3.96. The van der Waals surface area contributed by atoms with E-state index in [2.05, 4.69) is 5.32 Å². The topological polar surface area (TPSA) is 32.3 Å². The van der Waals surface area contributed by atoms with Crippen molar-refractivity contribution in [3.05, 3.63) is 64.4 Å². The third-order valence-corrected chi connectivity index (χ3v) is 2.91. The van der Waals surface area contributed by atoms with E-state index in [9.17, 15) is 4.39 Å². The minimum Gasteiger partial charge on any atom is -0.392 e. The predicted octanol–water partition coefficient (Wildman–Crippen LogP) is 3.58. The fraction of sp³-hybridized carbons (Fsp3) is 0.143. The first-order valence-electron chi connectivity index (χ1n) is 5.56. The minimum atomic E-state index is -0.410. The van der Waals surface area contributed by atoms with Crippen molar-refractivity contribution in [2.75, 3.05) is 5.32 Å². The molecule has 0 atom stereocenters. The van der Waals surface area contributed by atoms with Crippen molar-refractivity contribution in [3.63, 3.8) is 0 Å². The molecule has 0 bridgehead atoms. The Morgan fingerprint density at radius 3 is 2.33 bits per heavy atom. The SMILES string of the molecule is OCc1ccc(NCc2ccc(F)c(Cl)c2)cc1. The number of hydrogen-bond donors (Lipinski definition) is 2. The maximum Gasteiger partial charge on any atom is 0.141 e. The summed E-state index contributed by atoms with van der Waals surface area (Å²) in [6.07, 6.45) is 0. The van der Waals surface area contributed by atoms with Crippen LogP contribution in [0.25, 0.3) is 0 Å². The molecule has 2 rings (SSSR count). The van der Waals surface area contributed by atoms with Gasteiger partial charge in [0.15, 0.2) is 0 Å². The molecule has 2 aromatic rings. The fourth-order valence-corrected chi connectivity index (χ4v) is 1.78. The van der Waals surface area contributed by atoms with Crippen LogP contribution in [0.1, 0.15) is 11.1 Å². The highest BCUT2D eigenvalue weighted by atomic mass is 35.5. The first-order valence-corrected chi connectivity index (χ1v) is 5.94. The molecule has 0 heterocycles. The average molecular weight is 266 g/mol. The number of anilines is 1. The molecule has 0 aromatic heterocycles. The lowest BCUT2D eigenvalue weighted by molar-refractivity contribution is 0.282. The monoisotopic (exact) mass is 265 g/mol. The van der Waals surface area contributed by atoms with Crippen LogP contribution in [0.15, 0.2) is 42.5 Å². The summed E-state index contributed by atoms with van der Waals surface area (Å²) in [4.78, 5) is 0. The summed E-state index contributed by atoms with van der Waals surface area (Å²) >= 11 is 5.70. The second-order valence-corrected chi connectivity index (χ2v) is 4.36. The highest BCUT2D eigenvalue weighted by Crippen LogP contribution is 2.17. The molecular weight excluding hydrogens is 253 g/mol. The van der Waals surface area contributed by atoms with Gasteiger partial charge in [-0.25, -0.2) is 4.39 Å². The Bertz CT molecular complexity index is 528. The summed E-state index contributed by atoms with van der Waals surface area (Å²) in [5.41, 5.74) is 2.71. The van der Waals surface area contributed by atoms with Gasteiger partial charge in [-0.15, -0.1) is 0 Å². The molecule has 0 saturated heterocycles. The van der Waals surface area contributed by atoms with E-state index >= 15 is 0 Å². The number of aliphatic hydroxyl groups excluding tert-OH is 1. The molecule has 4 heteroatoms. The first kappa shape index (κ1) is 12.9. The summed E-state index contributed by atoms with van der Waals surface area (Å²) in [6.45, 7) is 0.603. The van der Waals surface area contributed by atoms with Crippen LogP contribution < -0.4 is 5.32 Å². The smallest absolute Gasteiger partial charge is 0.141 e. The quantitative estimate of drug-likeness (QED) is 0.886. The molecule has 0 aliphatic rings. The molecule has 2 aromatic carbocycles.